The van der Waals surface area contributed by atoms with E-state index in [1.165, 1.54) is 6.21 Å². The lowest BCUT2D eigenvalue weighted by Gasteiger charge is -1.67. The molecule has 0 fully saturated rings. The quantitative estimate of drug-likeness (QED) is 0.349. The van der Waals surface area contributed by atoms with Crippen molar-refractivity contribution in [1.82, 2.24) is 0 Å². The van der Waals surface area contributed by atoms with Gasteiger partial charge in [-0.2, -0.15) is 0 Å². The summed E-state index contributed by atoms with van der Waals surface area (Å²) >= 11 is 0. The van der Waals surface area contributed by atoms with Crippen LogP contribution in [-0.2, 0) is 4.79 Å². The summed E-state index contributed by atoms with van der Waals surface area (Å²) in [6.07, 6.45) is 1.92. The molecule has 0 radical (unpaired) electrons. The third-order valence-electron chi connectivity index (χ3n) is 0.349. The fourth-order valence-corrected chi connectivity index (χ4v) is 0.148. The Morgan fingerprint density at radius 2 is 2.50 bits per heavy atom. The number of hydrogen-bond donors (Lipinski definition) is 0. The molecule has 34 valence electrons. The molecule has 0 aromatic rings. The van der Waals surface area contributed by atoms with Gasteiger partial charge < -0.3 is 0 Å². The van der Waals surface area contributed by atoms with Crippen LogP contribution < -0.4 is 0 Å². The molecule has 0 unspecified atom stereocenters. The molecule has 0 amide bonds. The zero-order valence-corrected chi connectivity index (χ0v) is 3.72. The Hall–Kier alpha value is -0.660. The van der Waals surface area contributed by atoms with E-state index in [0.29, 0.717) is 12.8 Å². The lowest BCUT2D eigenvalue weighted by Crippen LogP contribution is -1.72. The van der Waals surface area contributed by atoms with E-state index in [-0.39, 0.29) is 0 Å². The first-order valence-electron chi connectivity index (χ1n) is 1.85. The Morgan fingerprint density at radius 3 is 2.67 bits per heavy atom. The van der Waals surface area contributed by atoms with Gasteiger partial charge in [0.25, 0.3) is 0 Å². The Morgan fingerprint density at radius 1 is 1.83 bits per heavy atom. The number of rotatable bonds is 2. The maximum absolute atomic E-state index is 9.41. The van der Waals surface area contributed by atoms with Gasteiger partial charge in [0.1, 0.15) is 0 Å². The van der Waals surface area contributed by atoms with Crippen molar-refractivity contribution < 1.29 is 4.79 Å². The molecule has 2 nitrogen and oxygen atoms in total. The van der Waals surface area contributed by atoms with Gasteiger partial charge in [0.05, 0.1) is 6.21 Å². The average molecular weight is 85.1 g/mol. The van der Waals surface area contributed by atoms with E-state index >= 15 is 0 Å². The van der Waals surface area contributed by atoms with Gasteiger partial charge in [-0.05, 0) is 6.92 Å². The summed E-state index contributed by atoms with van der Waals surface area (Å²) in [5.41, 5.74) is 0. The van der Waals surface area contributed by atoms with Crippen molar-refractivity contribution in [3.05, 3.63) is 0 Å². The van der Waals surface area contributed by atoms with E-state index in [1.807, 2.05) is 6.92 Å². The van der Waals surface area contributed by atoms with Crippen molar-refractivity contribution in [3.8, 4) is 0 Å². The smallest absolute Gasteiger partial charge is 0.160 e. The van der Waals surface area contributed by atoms with Crippen molar-refractivity contribution in [2.24, 2.45) is 4.99 Å². The zero-order chi connectivity index (χ0) is 4.83. The SMILES string of the molecule is CCN=CC=O. The van der Waals surface area contributed by atoms with Gasteiger partial charge >= 0.3 is 0 Å². The predicted octanol–water partition coefficient (Wildman–Crippen LogP) is 0.276. The Labute approximate surface area is 36.9 Å². The predicted molar refractivity (Wildman–Crippen MR) is 25.1 cm³/mol. The molecule has 0 aliphatic heterocycles. The van der Waals surface area contributed by atoms with E-state index in [2.05, 4.69) is 4.99 Å². The minimum atomic E-state index is 0.670. The largest absolute Gasteiger partial charge is 0.297 e. The van der Waals surface area contributed by atoms with Crippen LogP contribution in [0.2, 0.25) is 0 Å². The molecular weight excluding hydrogens is 78.0 g/mol. The molecule has 0 heterocycles. The lowest BCUT2D eigenvalue weighted by molar-refractivity contribution is -0.102. The molecule has 6 heavy (non-hydrogen) atoms. The molecule has 0 N–H and O–H groups in total. The molecule has 2 heteroatoms. The van der Waals surface area contributed by atoms with Gasteiger partial charge in [-0.3, -0.25) is 9.79 Å². The van der Waals surface area contributed by atoms with Crippen LogP contribution in [0.4, 0.5) is 0 Å². The molecule has 0 aliphatic carbocycles. The van der Waals surface area contributed by atoms with Gasteiger partial charge in [0, 0.05) is 6.54 Å². The summed E-state index contributed by atoms with van der Waals surface area (Å²) in [5, 5.41) is 0. The highest BCUT2D eigenvalue weighted by molar-refractivity contribution is 6.12. The summed E-state index contributed by atoms with van der Waals surface area (Å²) in [7, 11) is 0. The second kappa shape index (κ2) is 4.34. The van der Waals surface area contributed by atoms with E-state index in [0.717, 1.165) is 0 Å². The van der Waals surface area contributed by atoms with Crippen molar-refractivity contribution in [2.75, 3.05) is 6.54 Å². The zero-order valence-electron chi connectivity index (χ0n) is 3.72. The molecule has 0 spiro atoms. The lowest BCUT2D eigenvalue weighted by atomic mass is 10.7. The van der Waals surface area contributed by atoms with E-state index in [1.54, 1.807) is 0 Å². The van der Waals surface area contributed by atoms with Crippen molar-refractivity contribution in [3.63, 3.8) is 0 Å². The molecule has 0 atom stereocenters. The standard InChI is InChI=1S/C4H7NO/c1-2-5-3-4-6/h3-4H,2H2,1H3. The van der Waals surface area contributed by atoms with E-state index in [4.69, 9.17) is 0 Å². The summed E-state index contributed by atoms with van der Waals surface area (Å²) < 4.78 is 0. The summed E-state index contributed by atoms with van der Waals surface area (Å²) in [5.74, 6) is 0. The third-order valence-corrected chi connectivity index (χ3v) is 0.349. The van der Waals surface area contributed by atoms with Crippen molar-refractivity contribution in [1.29, 1.82) is 0 Å². The van der Waals surface area contributed by atoms with Gasteiger partial charge in [-0.25, -0.2) is 0 Å². The molecule has 0 saturated carbocycles. The van der Waals surface area contributed by atoms with E-state index in [9.17, 15) is 4.79 Å². The first-order valence-corrected chi connectivity index (χ1v) is 1.85. The number of nitrogens with zero attached hydrogens (tertiary/aromatic N) is 1. The van der Waals surface area contributed by atoms with Gasteiger partial charge in [-0.1, -0.05) is 0 Å². The van der Waals surface area contributed by atoms with Crippen LogP contribution in [-0.4, -0.2) is 19.0 Å². The number of carbonyl (C=O) groups excluding carboxylic acids is 1. The van der Waals surface area contributed by atoms with Gasteiger partial charge in [-0.15, -0.1) is 0 Å². The maximum atomic E-state index is 9.41. The topological polar surface area (TPSA) is 29.4 Å². The second-order valence-corrected chi connectivity index (χ2v) is 0.784. The fraction of sp³-hybridized carbons (Fsp3) is 0.500. The number of carbonyl (C=O) groups is 1. The minimum Gasteiger partial charge on any atom is -0.297 e. The van der Waals surface area contributed by atoms with Crippen molar-refractivity contribution in [2.45, 2.75) is 6.92 Å². The van der Waals surface area contributed by atoms with Crippen LogP contribution >= 0.6 is 0 Å². The molecule has 0 aromatic carbocycles. The summed E-state index contributed by atoms with van der Waals surface area (Å²) in [4.78, 5) is 13.0. The molecule has 0 aromatic heterocycles. The highest BCUT2D eigenvalue weighted by atomic mass is 16.1. The number of aliphatic imine (C=N–C) groups is 1. The highest BCUT2D eigenvalue weighted by Gasteiger charge is 1.58. The Bertz CT molecular complexity index is 58.6. The summed E-state index contributed by atoms with van der Waals surface area (Å²) in [6, 6.07) is 0. The molecule has 0 rings (SSSR count). The molecule has 0 bridgehead atoms. The first kappa shape index (κ1) is 5.34. The Balaban J connectivity index is 2.94. The monoisotopic (exact) mass is 85.1 g/mol. The Kier molecular flexibility index (Phi) is 3.86. The molecule has 0 aliphatic rings. The van der Waals surface area contributed by atoms with Crippen LogP contribution in [0.5, 0.6) is 0 Å². The highest BCUT2D eigenvalue weighted by Crippen LogP contribution is 1.56. The minimum absolute atomic E-state index is 0.670. The number of aldehydes is 1. The van der Waals surface area contributed by atoms with Crippen LogP contribution in [0.25, 0.3) is 0 Å². The molecular formula is C4H7NO. The normalized spacial score (nSPS) is 9.50. The van der Waals surface area contributed by atoms with Crippen LogP contribution in [0.1, 0.15) is 6.92 Å². The van der Waals surface area contributed by atoms with Crippen LogP contribution in [0, 0.1) is 0 Å². The van der Waals surface area contributed by atoms with Gasteiger partial charge in [0.2, 0.25) is 0 Å². The van der Waals surface area contributed by atoms with Crippen molar-refractivity contribution >= 4 is 12.5 Å². The first-order chi connectivity index (χ1) is 2.91. The van der Waals surface area contributed by atoms with Crippen LogP contribution in [0.3, 0.4) is 0 Å². The fourth-order valence-electron chi connectivity index (χ4n) is 0.148. The maximum Gasteiger partial charge on any atom is 0.160 e. The second-order valence-electron chi connectivity index (χ2n) is 0.784. The summed E-state index contributed by atoms with van der Waals surface area (Å²) in [6.45, 7) is 2.57. The van der Waals surface area contributed by atoms with Crippen LogP contribution in [0.15, 0.2) is 4.99 Å². The average Bonchev–Trinajstić information content (AvgIpc) is 1.61. The third kappa shape index (κ3) is 3.34. The van der Waals surface area contributed by atoms with Gasteiger partial charge in [0.15, 0.2) is 6.29 Å². The van der Waals surface area contributed by atoms with E-state index < -0.39 is 0 Å². The number of hydrogen-bond acceptors (Lipinski definition) is 2. The molecule has 0 saturated heterocycles.